The first kappa shape index (κ1) is 28.4. The zero-order valence-electron chi connectivity index (χ0n) is 20.3. The average Bonchev–Trinajstić information content (AvgIpc) is 3.19. The summed E-state index contributed by atoms with van der Waals surface area (Å²) in [6.07, 6.45) is 0.164. The van der Waals surface area contributed by atoms with E-state index in [1.54, 1.807) is 38.6 Å². The van der Waals surface area contributed by atoms with Gasteiger partial charge >= 0.3 is 202 Å². The molecule has 0 bridgehead atoms. The van der Waals surface area contributed by atoms with Gasteiger partial charge in [0.15, 0.2) is 0 Å². The van der Waals surface area contributed by atoms with Crippen molar-refractivity contribution in [3.63, 3.8) is 0 Å². The number of carbonyl (C=O) groups is 2. The summed E-state index contributed by atoms with van der Waals surface area (Å²) in [5, 5.41) is 0. The number of aromatic nitrogens is 4. The number of nitrogens with zero attached hydrogens (tertiary/aromatic N) is 4. The third kappa shape index (κ3) is 9.38. The minimum atomic E-state index is -3.63. The predicted octanol–water partition coefficient (Wildman–Crippen LogP) is 2.60. The molecule has 2 N–H and O–H groups in total. The molecule has 0 spiro atoms. The van der Waals surface area contributed by atoms with E-state index in [4.69, 9.17) is 43.0 Å². The van der Waals surface area contributed by atoms with E-state index in [-0.39, 0.29) is 31.0 Å². The number of fused-ring (bicyclic) bond motifs is 1. The molecule has 0 aliphatic heterocycles. The number of nitrogen functional groups attached to an aromatic ring is 1. The quantitative estimate of drug-likeness (QED) is 0.166. The molecule has 198 valence electrons. The van der Waals surface area contributed by atoms with Crippen molar-refractivity contribution >= 4 is 37.2 Å². The van der Waals surface area contributed by atoms with Crippen LogP contribution in [0.1, 0.15) is 27.7 Å². The van der Waals surface area contributed by atoms with E-state index in [1.165, 1.54) is 13.4 Å². The monoisotopic (exact) mass is 521 g/mol. The van der Waals surface area contributed by atoms with Crippen molar-refractivity contribution in [3.8, 4) is 0 Å². The number of hydrogen-bond acceptors (Lipinski definition) is 14. The number of ether oxygens (including phenoxy) is 5. The topological polar surface area (TPSA) is 178 Å². The van der Waals surface area contributed by atoms with E-state index >= 15 is 0 Å². The second kappa shape index (κ2) is 13.9. The number of anilines is 1. The van der Waals surface area contributed by atoms with Crippen LogP contribution >= 0.6 is 7.94 Å². The summed E-state index contributed by atoms with van der Waals surface area (Å²) in [5.41, 5.74) is 6.83. The third-order valence-corrected chi connectivity index (χ3v) is 6.37. The van der Waals surface area contributed by atoms with Gasteiger partial charge in [0.05, 0.1) is 0 Å². The Morgan fingerprint density at radius 2 is 1.60 bits per heavy atom. The summed E-state index contributed by atoms with van der Waals surface area (Å²) >= 11 is 0. The normalized spacial score (nSPS) is 12.2. The molecular formula is C19H32N5O10P. The van der Waals surface area contributed by atoms with Crippen LogP contribution < -0.4 is 5.73 Å². The molecule has 16 heteroatoms. The van der Waals surface area contributed by atoms with Gasteiger partial charge < -0.3 is 0 Å². The van der Waals surface area contributed by atoms with Crippen LogP contribution in [0.15, 0.2) is 12.7 Å². The van der Waals surface area contributed by atoms with Crippen LogP contribution in [0.25, 0.3) is 11.2 Å². The Hall–Kier alpha value is -2.84. The van der Waals surface area contributed by atoms with Crippen molar-refractivity contribution in [3.05, 3.63) is 12.7 Å². The summed E-state index contributed by atoms with van der Waals surface area (Å²) < 4.78 is 43.5. The van der Waals surface area contributed by atoms with Gasteiger partial charge in [-0.15, -0.1) is 0 Å². The van der Waals surface area contributed by atoms with E-state index < -0.39 is 33.8 Å². The second-order valence-corrected chi connectivity index (χ2v) is 10.1. The SMILES string of the molecule is CO[PH](COCCn1cnc2c(N)ncnc21)(OCOC(=O)OC(C)C)OCOC(=O)OC(C)C. The summed E-state index contributed by atoms with van der Waals surface area (Å²) in [5.74, 6) is 0.272. The molecule has 2 heterocycles. The van der Waals surface area contributed by atoms with Crippen molar-refractivity contribution in [2.45, 2.75) is 46.4 Å². The number of hydrogen-bond donors (Lipinski definition) is 1. The number of carbonyl (C=O) groups excluding carboxylic acids is 2. The summed E-state index contributed by atoms with van der Waals surface area (Å²) in [4.78, 5) is 35.5. The van der Waals surface area contributed by atoms with Crippen LogP contribution in [0.3, 0.4) is 0 Å². The van der Waals surface area contributed by atoms with Crippen LogP contribution in [0.5, 0.6) is 0 Å². The van der Waals surface area contributed by atoms with Crippen LogP contribution in [0.2, 0.25) is 0 Å². The molecule has 15 nitrogen and oxygen atoms in total. The van der Waals surface area contributed by atoms with Gasteiger partial charge in [0.2, 0.25) is 0 Å². The molecule has 0 aliphatic rings. The molecule has 0 fully saturated rings. The Morgan fingerprint density at radius 3 is 2.14 bits per heavy atom. The molecule has 0 amide bonds. The molecule has 2 rings (SSSR count). The van der Waals surface area contributed by atoms with Gasteiger partial charge in [-0.1, -0.05) is 0 Å². The summed E-state index contributed by atoms with van der Waals surface area (Å²) in [7, 11) is -2.30. The van der Waals surface area contributed by atoms with Crippen molar-refractivity contribution in [2.75, 3.05) is 39.4 Å². The van der Waals surface area contributed by atoms with E-state index in [1.807, 2.05) is 0 Å². The molecule has 0 unspecified atom stereocenters. The van der Waals surface area contributed by atoms with Gasteiger partial charge in [0.25, 0.3) is 0 Å². The summed E-state index contributed by atoms with van der Waals surface area (Å²) in [6, 6.07) is 0. The Bertz CT molecular complexity index is 929. The van der Waals surface area contributed by atoms with E-state index in [2.05, 4.69) is 15.0 Å². The van der Waals surface area contributed by atoms with Crippen LogP contribution in [-0.2, 0) is 43.8 Å². The Labute approximate surface area is 202 Å². The van der Waals surface area contributed by atoms with Gasteiger partial charge in [-0.2, -0.15) is 0 Å². The fraction of sp³-hybridized carbons (Fsp3) is 0.632. The molecular weight excluding hydrogens is 489 g/mol. The van der Waals surface area contributed by atoms with Crippen molar-refractivity contribution in [2.24, 2.45) is 0 Å². The first-order chi connectivity index (χ1) is 16.7. The van der Waals surface area contributed by atoms with Gasteiger partial charge in [0.1, 0.15) is 0 Å². The standard InChI is InChI=1S/C19H32N5O10P/c1-13(2)33-18(25)29-10-31-35(27-5,32-11-30-19(26)34-14(3)4)12-28-7-6-24-9-23-15-16(20)21-8-22-17(15)24/h8-9,13-14,35H,6-7,10-12H2,1-5H3,(H2,20,21,22). The number of nitrogens with two attached hydrogens (primary N) is 1. The maximum atomic E-state index is 11.6. The number of rotatable bonds is 14. The maximum absolute atomic E-state index is 11.6. The van der Waals surface area contributed by atoms with E-state index in [0.29, 0.717) is 17.7 Å². The fourth-order valence-corrected chi connectivity index (χ4v) is 3.99. The number of imidazole rings is 1. The van der Waals surface area contributed by atoms with Gasteiger partial charge in [0, 0.05) is 0 Å². The zero-order chi connectivity index (χ0) is 25.8. The molecule has 0 saturated carbocycles. The third-order valence-electron chi connectivity index (χ3n) is 4.07. The molecule has 0 atom stereocenters. The fourth-order valence-electron chi connectivity index (χ4n) is 2.51. The van der Waals surface area contributed by atoms with Crippen LogP contribution in [0, 0.1) is 0 Å². The van der Waals surface area contributed by atoms with Gasteiger partial charge in [-0.3, -0.25) is 0 Å². The molecule has 0 aromatic carbocycles. The molecule has 35 heavy (non-hydrogen) atoms. The first-order valence-electron chi connectivity index (χ1n) is 10.6. The Morgan fingerprint density at radius 1 is 1.00 bits per heavy atom. The van der Waals surface area contributed by atoms with Gasteiger partial charge in [-0.05, 0) is 0 Å². The van der Waals surface area contributed by atoms with E-state index in [0.717, 1.165) is 0 Å². The molecule has 2 aromatic rings. The zero-order valence-corrected chi connectivity index (χ0v) is 21.3. The Balaban J connectivity index is 1.94. The molecule has 0 saturated heterocycles. The van der Waals surface area contributed by atoms with E-state index in [9.17, 15) is 9.59 Å². The Kier molecular flexibility index (Phi) is 11.3. The molecule has 0 aliphatic carbocycles. The summed E-state index contributed by atoms with van der Waals surface area (Å²) in [6.45, 7) is 6.18. The van der Waals surface area contributed by atoms with Crippen molar-refractivity contribution in [1.29, 1.82) is 0 Å². The predicted molar refractivity (Wildman–Crippen MR) is 123 cm³/mol. The van der Waals surface area contributed by atoms with Crippen LogP contribution in [0.4, 0.5) is 15.4 Å². The second-order valence-electron chi connectivity index (χ2n) is 7.46. The van der Waals surface area contributed by atoms with Crippen molar-refractivity contribution < 1.29 is 46.8 Å². The first-order valence-corrected chi connectivity index (χ1v) is 12.6. The minimum absolute atomic E-state index is 0.154. The average molecular weight is 521 g/mol. The van der Waals surface area contributed by atoms with Gasteiger partial charge in [-0.25, -0.2) is 0 Å². The van der Waals surface area contributed by atoms with Crippen LogP contribution in [-0.4, -0.2) is 77.7 Å². The molecule has 2 aromatic heterocycles. The molecule has 0 radical (unpaired) electrons. The van der Waals surface area contributed by atoms with Crippen molar-refractivity contribution in [1.82, 2.24) is 19.5 Å².